The van der Waals surface area contributed by atoms with Crippen molar-refractivity contribution in [2.75, 3.05) is 0 Å². The third kappa shape index (κ3) is 1.56. The number of nitriles is 1. The molecule has 3 heteroatoms. The summed E-state index contributed by atoms with van der Waals surface area (Å²) in [7, 11) is 0. The van der Waals surface area contributed by atoms with Gasteiger partial charge in [-0.25, -0.2) is 0 Å². The van der Waals surface area contributed by atoms with Crippen molar-refractivity contribution in [3.63, 3.8) is 0 Å². The molecular formula is C14H8N2O. The predicted octanol–water partition coefficient (Wildman–Crippen LogP) is 3.37. The third-order valence-electron chi connectivity index (χ3n) is 2.60. The van der Waals surface area contributed by atoms with Crippen molar-refractivity contribution in [2.24, 2.45) is 0 Å². The lowest BCUT2D eigenvalue weighted by Gasteiger charge is -1.97. The zero-order chi connectivity index (χ0) is 11.7. The van der Waals surface area contributed by atoms with E-state index in [1.807, 2.05) is 36.4 Å². The molecule has 80 valence electrons. The van der Waals surface area contributed by atoms with E-state index in [0.717, 1.165) is 16.7 Å². The highest BCUT2D eigenvalue weighted by Gasteiger charge is 2.09. The standard InChI is InChI=1S/C14H8N2O/c15-9-10-4-1-2-5-11(10)14-8-12-13(17-14)6-3-7-16-12/h1-8H. The lowest BCUT2D eigenvalue weighted by Crippen LogP contribution is -1.80. The zero-order valence-electron chi connectivity index (χ0n) is 8.92. The highest BCUT2D eigenvalue weighted by Crippen LogP contribution is 2.28. The Labute approximate surface area is 97.9 Å². The van der Waals surface area contributed by atoms with Crippen molar-refractivity contribution in [1.82, 2.24) is 4.98 Å². The molecular weight excluding hydrogens is 212 g/mol. The van der Waals surface area contributed by atoms with E-state index in [1.165, 1.54) is 0 Å². The van der Waals surface area contributed by atoms with Crippen LogP contribution in [0, 0.1) is 11.3 Å². The summed E-state index contributed by atoms with van der Waals surface area (Å²) in [6, 6.07) is 15.1. The van der Waals surface area contributed by atoms with Gasteiger partial charge in [0.05, 0.1) is 11.6 Å². The molecule has 0 aliphatic heterocycles. The van der Waals surface area contributed by atoms with E-state index in [1.54, 1.807) is 12.3 Å². The van der Waals surface area contributed by atoms with Crippen LogP contribution >= 0.6 is 0 Å². The minimum Gasteiger partial charge on any atom is -0.454 e. The van der Waals surface area contributed by atoms with Crippen LogP contribution in [0.2, 0.25) is 0 Å². The smallest absolute Gasteiger partial charge is 0.153 e. The summed E-state index contributed by atoms with van der Waals surface area (Å²) in [5.41, 5.74) is 2.94. The maximum Gasteiger partial charge on any atom is 0.153 e. The SMILES string of the molecule is N#Cc1ccccc1-c1cc2ncccc2o1. The van der Waals surface area contributed by atoms with Crippen molar-refractivity contribution in [1.29, 1.82) is 5.26 Å². The van der Waals surface area contributed by atoms with Crippen molar-refractivity contribution in [3.05, 3.63) is 54.2 Å². The van der Waals surface area contributed by atoms with Gasteiger partial charge in [-0.2, -0.15) is 5.26 Å². The minimum absolute atomic E-state index is 0.603. The van der Waals surface area contributed by atoms with Crippen LogP contribution in [0.3, 0.4) is 0 Å². The second kappa shape index (κ2) is 3.76. The molecule has 0 saturated carbocycles. The van der Waals surface area contributed by atoms with Gasteiger partial charge in [0.25, 0.3) is 0 Å². The highest BCUT2D eigenvalue weighted by molar-refractivity contribution is 5.80. The normalized spacial score (nSPS) is 10.3. The Kier molecular flexibility index (Phi) is 2.13. The van der Waals surface area contributed by atoms with Crippen molar-refractivity contribution in [2.45, 2.75) is 0 Å². The quantitative estimate of drug-likeness (QED) is 0.631. The molecule has 0 radical (unpaired) electrons. The summed E-state index contributed by atoms with van der Waals surface area (Å²) in [5.74, 6) is 0.677. The van der Waals surface area contributed by atoms with Gasteiger partial charge in [0.1, 0.15) is 11.3 Å². The molecule has 0 fully saturated rings. The second-order valence-corrected chi connectivity index (χ2v) is 3.65. The molecule has 2 heterocycles. The topological polar surface area (TPSA) is 49.8 Å². The lowest BCUT2D eigenvalue weighted by atomic mass is 10.1. The number of fused-ring (bicyclic) bond motifs is 1. The summed E-state index contributed by atoms with van der Waals surface area (Å²) in [4.78, 5) is 4.21. The van der Waals surface area contributed by atoms with Crippen LogP contribution in [-0.2, 0) is 0 Å². The Bertz CT molecular complexity index is 689. The molecule has 0 saturated heterocycles. The average Bonchev–Trinajstić information content (AvgIpc) is 2.82. The maximum absolute atomic E-state index is 9.05. The number of nitrogens with zero attached hydrogens (tertiary/aromatic N) is 2. The first-order valence-electron chi connectivity index (χ1n) is 5.22. The van der Waals surface area contributed by atoms with E-state index in [-0.39, 0.29) is 0 Å². The van der Waals surface area contributed by atoms with Crippen LogP contribution in [0.25, 0.3) is 22.4 Å². The fourth-order valence-corrected chi connectivity index (χ4v) is 1.80. The fourth-order valence-electron chi connectivity index (χ4n) is 1.80. The van der Waals surface area contributed by atoms with E-state index >= 15 is 0 Å². The van der Waals surface area contributed by atoms with E-state index in [9.17, 15) is 0 Å². The third-order valence-corrected chi connectivity index (χ3v) is 2.60. The molecule has 0 aliphatic rings. The molecule has 17 heavy (non-hydrogen) atoms. The average molecular weight is 220 g/mol. The van der Waals surface area contributed by atoms with Crippen LogP contribution in [0.4, 0.5) is 0 Å². The Morgan fingerprint density at radius 1 is 1.12 bits per heavy atom. The molecule has 2 aromatic heterocycles. The number of pyridine rings is 1. The molecule has 0 atom stereocenters. The Hall–Kier alpha value is -2.60. The number of aromatic nitrogens is 1. The molecule has 0 N–H and O–H groups in total. The summed E-state index contributed by atoms with van der Waals surface area (Å²) in [5, 5.41) is 9.05. The van der Waals surface area contributed by atoms with Gasteiger partial charge in [0.2, 0.25) is 0 Å². The van der Waals surface area contributed by atoms with Crippen molar-refractivity contribution in [3.8, 4) is 17.4 Å². The number of rotatable bonds is 1. The van der Waals surface area contributed by atoms with Gasteiger partial charge in [-0.05, 0) is 24.3 Å². The first-order valence-corrected chi connectivity index (χ1v) is 5.22. The highest BCUT2D eigenvalue weighted by atomic mass is 16.3. The molecule has 3 aromatic rings. The number of furan rings is 1. The van der Waals surface area contributed by atoms with Gasteiger partial charge in [0, 0.05) is 17.8 Å². The maximum atomic E-state index is 9.05. The largest absolute Gasteiger partial charge is 0.454 e. The monoisotopic (exact) mass is 220 g/mol. The van der Waals surface area contributed by atoms with Gasteiger partial charge >= 0.3 is 0 Å². The first-order chi connectivity index (χ1) is 8.38. The molecule has 0 bridgehead atoms. The van der Waals surface area contributed by atoms with E-state index in [4.69, 9.17) is 9.68 Å². The van der Waals surface area contributed by atoms with Crippen LogP contribution in [0.1, 0.15) is 5.56 Å². The van der Waals surface area contributed by atoms with Crippen molar-refractivity contribution >= 4 is 11.1 Å². The van der Waals surface area contributed by atoms with E-state index < -0.39 is 0 Å². The minimum atomic E-state index is 0.603. The molecule has 0 amide bonds. The Balaban J connectivity index is 2.25. The number of benzene rings is 1. The zero-order valence-corrected chi connectivity index (χ0v) is 8.92. The molecule has 0 aliphatic carbocycles. The van der Waals surface area contributed by atoms with Crippen LogP contribution in [0.15, 0.2) is 53.1 Å². The van der Waals surface area contributed by atoms with Gasteiger partial charge < -0.3 is 4.42 Å². The summed E-state index contributed by atoms with van der Waals surface area (Å²) < 4.78 is 5.68. The Morgan fingerprint density at radius 2 is 2.00 bits per heavy atom. The van der Waals surface area contributed by atoms with E-state index in [0.29, 0.717) is 11.3 Å². The fraction of sp³-hybridized carbons (Fsp3) is 0. The number of hydrogen-bond donors (Lipinski definition) is 0. The molecule has 3 rings (SSSR count). The second-order valence-electron chi connectivity index (χ2n) is 3.65. The Morgan fingerprint density at radius 3 is 2.82 bits per heavy atom. The van der Waals surface area contributed by atoms with Crippen LogP contribution in [-0.4, -0.2) is 4.98 Å². The molecule has 1 aromatic carbocycles. The van der Waals surface area contributed by atoms with Gasteiger partial charge in [-0.3, -0.25) is 4.98 Å². The van der Waals surface area contributed by atoms with Crippen molar-refractivity contribution < 1.29 is 4.42 Å². The number of hydrogen-bond acceptors (Lipinski definition) is 3. The van der Waals surface area contributed by atoms with Gasteiger partial charge in [-0.1, -0.05) is 12.1 Å². The van der Waals surface area contributed by atoms with E-state index in [2.05, 4.69) is 11.1 Å². The van der Waals surface area contributed by atoms with Gasteiger partial charge in [-0.15, -0.1) is 0 Å². The summed E-state index contributed by atoms with van der Waals surface area (Å²) in [6.45, 7) is 0. The van der Waals surface area contributed by atoms with Crippen LogP contribution < -0.4 is 0 Å². The first kappa shape index (κ1) is 9.61. The summed E-state index contributed by atoms with van der Waals surface area (Å²) in [6.07, 6.45) is 1.72. The molecule has 0 spiro atoms. The predicted molar refractivity (Wildman–Crippen MR) is 64.2 cm³/mol. The summed E-state index contributed by atoms with van der Waals surface area (Å²) >= 11 is 0. The molecule has 3 nitrogen and oxygen atoms in total. The van der Waals surface area contributed by atoms with Crippen LogP contribution in [0.5, 0.6) is 0 Å². The van der Waals surface area contributed by atoms with Gasteiger partial charge in [0.15, 0.2) is 5.58 Å². The lowest BCUT2D eigenvalue weighted by molar-refractivity contribution is 0.631. The molecule has 0 unspecified atom stereocenters.